The number of fused-ring (bicyclic) bond motifs is 1. The topological polar surface area (TPSA) is 68.9 Å². The minimum atomic E-state index is -0.241. The molecule has 1 N–H and O–H groups in total. The fourth-order valence-corrected chi connectivity index (χ4v) is 3.41. The molecular formula is C22H19ClN4O2. The van der Waals surface area contributed by atoms with E-state index in [0.717, 1.165) is 11.1 Å². The van der Waals surface area contributed by atoms with Crippen LogP contribution in [0.1, 0.15) is 6.92 Å². The first-order valence-corrected chi connectivity index (χ1v) is 9.63. The molecule has 0 aliphatic heterocycles. The number of benzene rings is 2. The van der Waals surface area contributed by atoms with Gasteiger partial charge >= 0.3 is 0 Å². The molecule has 0 spiro atoms. The Morgan fingerprint density at radius 2 is 1.79 bits per heavy atom. The van der Waals surface area contributed by atoms with Gasteiger partial charge in [0.25, 0.3) is 5.56 Å². The monoisotopic (exact) mass is 406 g/mol. The number of rotatable bonds is 5. The first kappa shape index (κ1) is 19.0. The summed E-state index contributed by atoms with van der Waals surface area (Å²) in [5, 5.41) is 3.43. The van der Waals surface area contributed by atoms with Crippen LogP contribution in [0.3, 0.4) is 0 Å². The highest BCUT2D eigenvalue weighted by Gasteiger charge is 2.17. The van der Waals surface area contributed by atoms with Gasteiger partial charge in [0.15, 0.2) is 0 Å². The van der Waals surface area contributed by atoms with Crippen molar-refractivity contribution in [3.8, 4) is 11.1 Å². The fraction of sp³-hybridized carbons (Fsp3) is 0.136. The maximum absolute atomic E-state index is 13.0. The van der Waals surface area contributed by atoms with Crippen LogP contribution >= 0.6 is 11.6 Å². The van der Waals surface area contributed by atoms with E-state index in [4.69, 9.17) is 11.6 Å². The molecule has 146 valence electrons. The van der Waals surface area contributed by atoms with Crippen LogP contribution in [0.4, 0.5) is 5.69 Å². The zero-order valence-corrected chi connectivity index (χ0v) is 16.6. The number of anilines is 1. The van der Waals surface area contributed by atoms with E-state index in [1.165, 1.54) is 4.57 Å². The second-order valence-corrected chi connectivity index (χ2v) is 7.06. The summed E-state index contributed by atoms with van der Waals surface area (Å²) in [6, 6.07) is 16.6. The average molecular weight is 407 g/mol. The Balaban J connectivity index is 1.75. The summed E-state index contributed by atoms with van der Waals surface area (Å²) >= 11 is 5.89. The Hall–Kier alpha value is -3.38. The highest BCUT2D eigenvalue weighted by atomic mass is 35.5. The number of amides is 1. The Bertz CT molecular complexity index is 1230. The largest absolute Gasteiger partial charge is 0.332 e. The molecule has 1 amide bonds. The molecule has 0 bridgehead atoms. The highest BCUT2D eigenvalue weighted by Crippen LogP contribution is 2.27. The lowest BCUT2D eigenvalue weighted by Crippen LogP contribution is -2.24. The third-order valence-corrected chi connectivity index (χ3v) is 4.96. The Kier molecular flexibility index (Phi) is 5.18. The molecule has 4 aromatic rings. The molecule has 4 rings (SSSR count). The van der Waals surface area contributed by atoms with Crippen LogP contribution in [-0.4, -0.2) is 20.0 Å². The van der Waals surface area contributed by atoms with Crippen molar-refractivity contribution in [2.45, 2.75) is 20.0 Å². The molecule has 7 heteroatoms. The summed E-state index contributed by atoms with van der Waals surface area (Å²) in [6.45, 7) is 2.38. The fourth-order valence-electron chi connectivity index (χ4n) is 3.28. The van der Waals surface area contributed by atoms with Gasteiger partial charge in [-0.05, 0) is 36.8 Å². The van der Waals surface area contributed by atoms with Gasteiger partial charge in [-0.3, -0.25) is 14.2 Å². The number of aromatic nitrogens is 3. The molecule has 0 fully saturated rings. The van der Waals surface area contributed by atoms with E-state index < -0.39 is 0 Å². The molecule has 0 saturated heterocycles. The summed E-state index contributed by atoms with van der Waals surface area (Å²) in [7, 11) is 0. The zero-order valence-electron chi connectivity index (χ0n) is 15.8. The Labute approximate surface area is 172 Å². The molecule has 2 heterocycles. The van der Waals surface area contributed by atoms with E-state index in [1.807, 2.05) is 43.5 Å². The molecule has 0 aliphatic carbocycles. The van der Waals surface area contributed by atoms with Crippen molar-refractivity contribution in [1.29, 1.82) is 0 Å². The number of nitrogens with zero attached hydrogens (tertiary/aromatic N) is 3. The van der Waals surface area contributed by atoms with Crippen molar-refractivity contribution >= 4 is 34.2 Å². The van der Waals surface area contributed by atoms with Gasteiger partial charge in [0.1, 0.15) is 17.6 Å². The van der Waals surface area contributed by atoms with E-state index in [0.29, 0.717) is 28.3 Å². The Morgan fingerprint density at radius 1 is 1.07 bits per heavy atom. The van der Waals surface area contributed by atoms with Crippen LogP contribution in [0.15, 0.2) is 71.9 Å². The van der Waals surface area contributed by atoms with Gasteiger partial charge in [-0.25, -0.2) is 4.98 Å². The van der Waals surface area contributed by atoms with Gasteiger partial charge in [-0.2, -0.15) is 0 Å². The first-order valence-electron chi connectivity index (χ1n) is 9.26. The van der Waals surface area contributed by atoms with Gasteiger partial charge in [0.05, 0.1) is 6.33 Å². The van der Waals surface area contributed by atoms with Crippen molar-refractivity contribution in [3.05, 3.63) is 82.5 Å². The lowest BCUT2D eigenvalue weighted by atomic mass is 10.1. The van der Waals surface area contributed by atoms with Crippen LogP contribution in [0.2, 0.25) is 5.02 Å². The van der Waals surface area contributed by atoms with Crippen molar-refractivity contribution in [2.24, 2.45) is 0 Å². The quantitative estimate of drug-likeness (QED) is 0.540. The summed E-state index contributed by atoms with van der Waals surface area (Å²) in [5.41, 5.74) is 3.24. The van der Waals surface area contributed by atoms with Gasteiger partial charge in [0, 0.05) is 29.0 Å². The third-order valence-electron chi connectivity index (χ3n) is 4.71. The number of aryl methyl sites for hydroxylation is 1. The van der Waals surface area contributed by atoms with Gasteiger partial charge < -0.3 is 9.88 Å². The lowest BCUT2D eigenvalue weighted by molar-refractivity contribution is -0.116. The molecule has 0 atom stereocenters. The molecule has 0 radical (unpaired) electrons. The maximum Gasteiger partial charge on any atom is 0.277 e. The van der Waals surface area contributed by atoms with E-state index in [1.54, 1.807) is 35.2 Å². The summed E-state index contributed by atoms with van der Waals surface area (Å²) in [5.74, 6) is -0.241. The van der Waals surface area contributed by atoms with Crippen molar-refractivity contribution in [3.63, 3.8) is 0 Å². The second kappa shape index (κ2) is 7.93. The van der Waals surface area contributed by atoms with E-state index in [-0.39, 0.29) is 18.0 Å². The number of carbonyl (C=O) groups is 1. The molecular weight excluding hydrogens is 388 g/mol. The molecule has 0 unspecified atom stereocenters. The number of carbonyl (C=O) groups excluding carboxylic acids is 1. The van der Waals surface area contributed by atoms with Gasteiger partial charge in [-0.1, -0.05) is 41.9 Å². The standard InChI is InChI=1S/C22H19ClN4O2/c1-2-26-14-24-20-18(15-6-4-3-5-7-15)12-27(21(20)22(26)29)13-19(28)25-17-10-8-16(23)9-11-17/h3-12,14H,2,13H2,1H3,(H,25,28). The number of halogens is 1. The second-order valence-electron chi connectivity index (χ2n) is 6.62. The summed E-state index contributed by atoms with van der Waals surface area (Å²) in [4.78, 5) is 30.1. The normalized spacial score (nSPS) is 11.0. The third kappa shape index (κ3) is 3.79. The molecule has 6 nitrogen and oxygen atoms in total. The number of hydrogen-bond donors (Lipinski definition) is 1. The van der Waals surface area contributed by atoms with E-state index in [2.05, 4.69) is 10.3 Å². The van der Waals surface area contributed by atoms with Crippen LogP contribution in [0.25, 0.3) is 22.2 Å². The average Bonchev–Trinajstić information content (AvgIpc) is 3.09. The highest BCUT2D eigenvalue weighted by molar-refractivity contribution is 6.30. The molecule has 0 saturated carbocycles. The number of nitrogens with one attached hydrogen (secondary N) is 1. The summed E-state index contributed by atoms with van der Waals surface area (Å²) in [6.07, 6.45) is 3.37. The minimum absolute atomic E-state index is 0.00337. The van der Waals surface area contributed by atoms with Gasteiger partial charge in [0.2, 0.25) is 5.91 Å². The van der Waals surface area contributed by atoms with Crippen molar-refractivity contribution < 1.29 is 4.79 Å². The molecule has 0 aliphatic rings. The van der Waals surface area contributed by atoms with Crippen LogP contribution in [-0.2, 0) is 17.9 Å². The van der Waals surface area contributed by atoms with Gasteiger partial charge in [-0.15, -0.1) is 0 Å². The van der Waals surface area contributed by atoms with Crippen molar-refractivity contribution in [2.75, 3.05) is 5.32 Å². The van der Waals surface area contributed by atoms with Crippen LogP contribution in [0.5, 0.6) is 0 Å². The first-order chi connectivity index (χ1) is 14.1. The number of hydrogen-bond acceptors (Lipinski definition) is 3. The smallest absolute Gasteiger partial charge is 0.277 e. The Morgan fingerprint density at radius 3 is 2.48 bits per heavy atom. The van der Waals surface area contributed by atoms with Crippen LogP contribution in [0, 0.1) is 0 Å². The molecule has 2 aromatic carbocycles. The zero-order chi connectivity index (χ0) is 20.4. The SMILES string of the molecule is CCn1cnc2c(-c3ccccc3)cn(CC(=O)Nc3ccc(Cl)cc3)c2c1=O. The maximum atomic E-state index is 13.0. The predicted octanol–water partition coefficient (Wildman–Crippen LogP) is 4.18. The molecule has 29 heavy (non-hydrogen) atoms. The van der Waals surface area contributed by atoms with Crippen molar-refractivity contribution in [1.82, 2.24) is 14.1 Å². The lowest BCUT2D eigenvalue weighted by Gasteiger charge is -2.08. The van der Waals surface area contributed by atoms with E-state index >= 15 is 0 Å². The minimum Gasteiger partial charge on any atom is -0.332 e. The predicted molar refractivity (Wildman–Crippen MR) is 115 cm³/mol. The van der Waals surface area contributed by atoms with Crippen LogP contribution < -0.4 is 10.9 Å². The van der Waals surface area contributed by atoms with E-state index in [9.17, 15) is 9.59 Å². The summed E-state index contributed by atoms with van der Waals surface area (Å²) < 4.78 is 3.20. The molecule has 2 aromatic heterocycles.